The molecule has 3 heterocycles. The molecule has 0 saturated carbocycles. The number of nitrogens with one attached hydrogen (secondary N) is 3. The summed E-state index contributed by atoms with van der Waals surface area (Å²) in [6.07, 6.45) is 8.79. The van der Waals surface area contributed by atoms with E-state index in [1.54, 1.807) is 35.5 Å². The molecule has 1 aromatic heterocycles. The van der Waals surface area contributed by atoms with Gasteiger partial charge >= 0.3 is 18.3 Å². The molecule has 3 N–H and O–H groups in total. The quantitative estimate of drug-likeness (QED) is 0.133. The number of unbranched alkanes of at least 4 members (excludes halogenated alkanes) is 1. The lowest BCUT2D eigenvalue weighted by molar-refractivity contribution is 0.00471. The molecule has 2 atom stereocenters. The SMILES string of the molecule is CCCCNc1nc(NCCCN2CCN(C(=O)OC(C)(C)C)CCN(C(=O)OC(C)(C)C)CCN(C(=O)OC(C)(C)C)CC2)nc(NCc2ccc(C3N=C4C=CC=CC4O3)cc2)n1. The zero-order valence-electron chi connectivity index (χ0n) is 40.3. The van der Waals surface area contributed by atoms with Crippen molar-refractivity contribution in [1.29, 1.82) is 0 Å². The molecule has 0 spiro atoms. The summed E-state index contributed by atoms with van der Waals surface area (Å²) < 4.78 is 23.4. The second kappa shape index (κ2) is 23.1. The highest BCUT2D eigenvalue weighted by atomic mass is 16.6. The third-order valence-corrected chi connectivity index (χ3v) is 10.2. The van der Waals surface area contributed by atoms with Crippen molar-refractivity contribution in [3.8, 4) is 0 Å². The van der Waals surface area contributed by atoms with Crippen LogP contribution in [0, 0.1) is 0 Å². The van der Waals surface area contributed by atoms with Crippen LogP contribution in [0.3, 0.4) is 0 Å². The van der Waals surface area contributed by atoms with E-state index in [-0.39, 0.29) is 38.5 Å². The van der Waals surface area contributed by atoms with Crippen LogP contribution >= 0.6 is 0 Å². The van der Waals surface area contributed by atoms with E-state index in [4.69, 9.17) is 28.9 Å². The minimum absolute atomic E-state index is 0.101. The zero-order chi connectivity index (χ0) is 47.2. The number of aliphatic imine (C=N–C) groups is 1. The fourth-order valence-electron chi connectivity index (χ4n) is 6.88. The largest absolute Gasteiger partial charge is 0.444 e. The maximum Gasteiger partial charge on any atom is 0.410 e. The van der Waals surface area contributed by atoms with Gasteiger partial charge in [-0.15, -0.1) is 0 Å². The number of carbonyl (C=O) groups excluding carboxylic acids is 3. The number of amides is 3. The van der Waals surface area contributed by atoms with Crippen LogP contribution in [0.2, 0.25) is 0 Å². The van der Waals surface area contributed by atoms with Gasteiger partial charge in [-0.05, 0) is 99.4 Å². The minimum Gasteiger partial charge on any atom is -0.444 e. The molecule has 1 saturated heterocycles. The van der Waals surface area contributed by atoms with Gasteiger partial charge in [-0.2, -0.15) is 15.0 Å². The van der Waals surface area contributed by atoms with Gasteiger partial charge in [0.15, 0.2) is 6.23 Å². The normalized spacial score (nSPS) is 18.8. The van der Waals surface area contributed by atoms with E-state index >= 15 is 0 Å². The van der Waals surface area contributed by atoms with Gasteiger partial charge in [0.1, 0.15) is 22.9 Å². The average molecular weight is 904 g/mol. The molecule has 1 fully saturated rings. The third kappa shape index (κ3) is 17.4. The second-order valence-corrected chi connectivity index (χ2v) is 19.4. The molecule has 2 aromatic rings. The van der Waals surface area contributed by atoms with E-state index in [1.807, 2.05) is 78.0 Å². The van der Waals surface area contributed by atoms with Crippen LogP contribution in [0.15, 0.2) is 53.6 Å². The Bertz CT molecular complexity index is 1930. The molecular formula is C47H73N11O7. The summed E-state index contributed by atoms with van der Waals surface area (Å²) in [7, 11) is 0. The topological polar surface area (TPSA) is 188 Å². The molecule has 18 nitrogen and oxygen atoms in total. The molecule has 0 radical (unpaired) electrons. The fourth-order valence-corrected chi connectivity index (χ4v) is 6.88. The van der Waals surface area contributed by atoms with Crippen LogP contribution in [0.5, 0.6) is 0 Å². The van der Waals surface area contributed by atoms with Crippen molar-refractivity contribution in [3.05, 3.63) is 59.7 Å². The molecular weight excluding hydrogens is 831 g/mol. The highest BCUT2D eigenvalue weighted by Gasteiger charge is 2.30. The van der Waals surface area contributed by atoms with Crippen molar-refractivity contribution in [3.63, 3.8) is 0 Å². The molecule has 3 aliphatic rings. The first-order chi connectivity index (χ1) is 30.7. The third-order valence-electron chi connectivity index (χ3n) is 10.2. The number of rotatable bonds is 13. The first-order valence-corrected chi connectivity index (χ1v) is 23.0. The van der Waals surface area contributed by atoms with E-state index in [2.05, 4.69) is 49.9 Å². The van der Waals surface area contributed by atoms with E-state index in [9.17, 15) is 14.4 Å². The van der Waals surface area contributed by atoms with Crippen molar-refractivity contribution in [2.75, 3.05) is 87.9 Å². The second-order valence-electron chi connectivity index (χ2n) is 19.4. The van der Waals surface area contributed by atoms with E-state index < -0.39 is 35.1 Å². The molecule has 1 aliphatic carbocycles. The molecule has 0 bridgehead atoms. The van der Waals surface area contributed by atoms with E-state index in [0.29, 0.717) is 70.1 Å². The molecule has 2 aliphatic heterocycles. The lowest BCUT2D eigenvalue weighted by atomic mass is 10.1. The van der Waals surface area contributed by atoms with Gasteiger partial charge < -0.3 is 49.6 Å². The van der Waals surface area contributed by atoms with Crippen LogP contribution in [-0.2, 0) is 25.5 Å². The Hall–Kier alpha value is -5.49. The number of hydrogen-bond donors (Lipinski definition) is 3. The molecule has 1 aromatic carbocycles. The first-order valence-electron chi connectivity index (χ1n) is 23.0. The van der Waals surface area contributed by atoms with Gasteiger partial charge in [0.2, 0.25) is 17.8 Å². The Kier molecular flexibility index (Phi) is 18.0. The van der Waals surface area contributed by atoms with Gasteiger partial charge in [-0.3, -0.25) is 9.89 Å². The predicted molar refractivity (Wildman–Crippen MR) is 253 cm³/mol. The van der Waals surface area contributed by atoms with Crippen molar-refractivity contribution in [1.82, 2.24) is 34.6 Å². The summed E-state index contributed by atoms with van der Waals surface area (Å²) in [6.45, 7) is 23.4. The summed E-state index contributed by atoms with van der Waals surface area (Å²) in [5.41, 5.74) is 0.841. The van der Waals surface area contributed by atoms with Gasteiger partial charge in [-0.25, -0.2) is 14.4 Å². The van der Waals surface area contributed by atoms with Crippen molar-refractivity contribution >= 4 is 41.8 Å². The monoisotopic (exact) mass is 904 g/mol. The standard InChI is InChI=1S/C47H73N11O7/c1-11-12-22-48-39-52-40(54-41(53-39)50-33-34-18-20-35(21-19-34)38-51-36-16-13-14-17-37(36)62-38)49-23-15-24-55-25-27-56(42(59)63-45(2,3)4)29-31-58(44(61)65-47(8,9)10)32-30-57(28-26-55)43(60)64-46(5,6)7/h13-14,16-21,37-38H,11-12,15,22-33H2,1-10H3,(H3,48,49,50,52,53,54). The Morgan fingerprint density at radius 2 is 1.11 bits per heavy atom. The van der Waals surface area contributed by atoms with Crippen molar-refractivity contribution < 1.29 is 33.3 Å². The smallest absolute Gasteiger partial charge is 0.410 e. The molecule has 358 valence electrons. The summed E-state index contributed by atoms with van der Waals surface area (Å²) in [5.74, 6) is 1.36. The molecule has 5 rings (SSSR count). The molecule has 65 heavy (non-hydrogen) atoms. The van der Waals surface area contributed by atoms with Gasteiger partial charge in [0, 0.05) is 77.6 Å². The Labute approximate surface area is 385 Å². The minimum atomic E-state index is -0.728. The Morgan fingerprint density at radius 1 is 0.646 bits per heavy atom. The van der Waals surface area contributed by atoms with E-state index in [1.165, 1.54) is 0 Å². The van der Waals surface area contributed by atoms with Crippen LogP contribution < -0.4 is 16.0 Å². The predicted octanol–water partition coefficient (Wildman–Crippen LogP) is 7.49. The molecule has 2 unspecified atom stereocenters. The van der Waals surface area contributed by atoms with Crippen molar-refractivity contribution in [2.45, 2.75) is 124 Å². The van der Waals surface area contributed by atoms with Crippen molar-refractivity contribution in [2.24, 2.45) is 4.99 Å². The maximum atomic E-state index is 13.5. The number of anilines is 3. The lowest BCUT2D eigenvalue weighted by Crippen LogP contribution is -2.51. The summed E-state index contributed by atoms with van der Waals surface area (Å²) >= 11 is 0. The number of fused-ring (bicyclic) bond motifs is 1. The summed E-state index contributed by atoms with van der Waals surface area (Å²) in [4.78, 5) is 66.3. The summed E-state index contributed by atoms with van der Waals surface area (Å²) in [6, 6.07) is 8.18. The van der Waals surface area contributed by atoms with Gasteiger partial charge in [0.25, 0.3) is 0 Å². The Morgan fingerprint density at radius 3 is 1.57 bits per heavy atom. The van der Waals surface area contributed by atoms with E-state index in [0.717, 1.165) is 36.2 Å². The van der Waals surface area contributed by atoms with Crippen LogP contribution in [0.25, 0.3) is 0 Å². The fraction of sp³-hybridized carbons (Fsp3) is 0.638. The highest BCUT2D eigenvalue weighted by molar-refractivity contribution is 6.02. The maximum absolute atomic E-state index is 13.5. The van der Waals surface area contributed by atoms with Gasteiger partial charge in [-0.1, -0.05) is 49.8 Å². The number of carbonyl (C=O) groups is 3. The molecule has 18 heteroatoms. The average Bonchev–Trinajstić information content (AvgIpc) is 3.65. The summed E-state index contributed by atoms with van der Waals surface area (Å²) in [5, 5.41) is 10.1. The number of benzene rings is 1. The Balaban J connectivity index is 1.24. The number of nitrogens with zero attached hydrogens (tertiary/aromatic N) is 8. The number of aromatic nitrogens is 3. The highest BCUT2D eigenvalue weighted by Crippen LogP contribution is 2.30. The number of allylic oxidation sites excluding steroid dienone is 2. The van der Waals surface area contributed by atoms with Crippen LogP contribution in [0.1, 0.15) is 106 Å². The van der Waals surface area contributed by atoms with Gasteiger partial charge in [0.05, 0.1) is 5.71 Å². The zero-order valence-corrected chi connectivity index (χ0v) is 40.3. The molecule has 3 amide bonds. The lowest BCUT2D eigenvalue weighted by Gasteiger charge is -2.35. The van der Waals surface area contributed by atoms with Crippen LogP contribution in [0.4, 0.5) is 32.2 Å². The van der Waals surface area contributed by atoms with Crippen LogP contribution in [-0.4, -0.2) is 153 Å². The number of ether oxygens (including phenoxy) is 4. The number of hydrogen-bond acceptors (Lipinski definition) is 15. The first kappa shape index (κ1) is 50.5.